The van der Waals surface area contributed by atoms with E-state index in [0.29, 0.717) is 5.92 Å². The van der Waals surface area contributed by atoms with Crippen LogP contribution >= 0.6 is 15.9 Å². The lowest BCUT2D eigenvalue weighted by Crippen LogP contribution is -2.01. The van der Waals surface area contributed by atoms with Crippen molar-refractivity contribution in [3.8, 4) is 0 Å². The fourth-order valence-electron chi connectivity index (χ4n) is 2.55. The summed E-state index contributed by atoms with van der Waals surface area (Å²) in [4.78, 5) is 7.93. The maximum atomic E-state index is 4.61. The third-order valence-corrected chi connectivity index (χ3v) is 3.75. The lowest BCUT2D eigenvalue weighted by molar-refractivity contribution is 0.574. The molecule has 15 heavy (non-hydrogen) atoms. The third kappa shape index (κ3) is 2.63. The molecule has 1 fully saturated rings. The zero-order valence-corrected chi connectivity index (χ0v) is 10.9. The highest BCUT2D eigenvalue weighted by atomic mass is 79.9. The van der Waals surface area contributed by atoms with Crippen LogP contribution in [0, 0.1) is 0 Å². The molecule has 1 saturated carbocycles. The lowest BCUT2D eigenvalue weighted by atomic mass is 9.95. The summed E-state index contributed by atoms with van der Waals surface area (Å²) in [6.07, 6.45) is 9.27. The molecule has 1 heterocycles. The SMILES string of the molecule is CCc1[nH]c(Br)nc1C1CCCCCC1. The van der Waals surface area contributed by atoms with E-state index in [1.807, 2.05) is 0 Å². The Hall–Kier alpha value is -0.310. The normalized spacial score (nSPS) is 19.1. The largest absolute Gasteiger partial charge is 0.336 e. The molecule has 0 aliphatic heterocycles. The monoisotopic (exact) mass is 270 g/mol. The lowest BCUT2D eigenvalue weighted by Gasteiger charge is -2.12. The molecular weight excluding hydrogens is 252 g/mol. The number of hydrogen-bond acceptors (Lipinski definition) is 1. The Bertz CT molecular complexity index is 311. The molecule has 2 nitrogen and oxygen atoms in total. The van der Waals surface area contributed by atoms with Gasteiger partial charge in [-0.2, -0.15) is 0 Å². The Labute approximate surface area is 100 Å². The van der Waals surface area contributed by atoms with Crippen molar-refractivity contribution < 1.29 is 0 Å². The molecule has 1 aliphatic rings. The number of hydrogen-bond donors (Lipinski definition) is 1. The first-order chi connectivity index (χ1) is 7.31. The van der Waals surface area contributed by atoms with Gasteiger partial charge in [-0.1, -0.05) is 32.6 Å². The second-order valence-electron chi connectivity index (χ2n) is 4.43. The molecule has 0 unspecified atom stereocenters. The first-order valence-electron chi connectivity index (χ1n) is 6.05. The third-order valence-electron chi connectivity index (χ3n) is 3.38. The Morgan fingerprint density at radius 1 is 1.27 bits per heavy atom. The second-order valence-corrected chi connectivity index (χ2v) is 5.18. The predicted octanol–water partition coefficient (Wildman–Crippen LogP) is 4.17. The highest BCUT2D eigenvalue weighted by molar-refractivity contribution is 9.10. The van der Waals surface area contributed by atoms with E-state index in [1.165, 1.54) is 49.9 Å². The topological polar surface area (TPSA) is 28.7 Å². The molecule has 0 aromatic carbocycles. The number of imidazole rings is 1. The summed E-state index contributed by atoms with van der Waals surface area (Å²) in [5.74, 6) is 0.699. The standard InChI is InChI=1S/C12H19BrN2/c1-2-10-11(15-12(13)14-10)9-7-5-3-4-6-8-9/h9H,2-8H2,1H3,(H,14,15). The molecule has 1 N–H and O–H groups in total. The average Bonchev–Trinajstić information content (AvgIpc) is 2.47. The van der Waals surface area contributed by atoms with Crippen LogP contribution in [-0.4, -0.2) is 9.97 Å². The summed E-state index contributed by atoms with van der Waals surface area (Å²) in [6.45, 7) is 2.19. The van der Waals surface area contributed by atoms with Gasteiger partial charge in [0.15, 0.2) is 4.73 Å². The van der Waals surface area contributed by atoms with Crippen LogP contribution in [-0.2, 0) is 6.42 Å². The first kappa shape index (κ1) is 11.2. The van der Waals surface area contributed by atoms with Crippen LogP contribution < -0.4 is 0 Å². The minimum Gasteiger partial charge on any atom is -0.336 e. The Balaban J connectivity index is 2.18. The van der Waals surface area contributed by atoms with E-state index in [2.05, 4.69) is 32.8 Å². The van der Waals surface area contributed by atoms with E-state index < -0.39 is 0 Å². The minimum atomic E-state index is 0.699. The molecule has 0 radical (unpaired) electrons. The van der Waals surface area contributed by atoms with Crippen molar-refractivity contribution in [2.24, 2.45) is 0 Å². The molecule has 0 bridgehead atoms. The molecule has 0 atom stereocenters. The number of aromatic nitrogens is 2. The van der Waals surface area contributed by atoms with Crippen LogP contribution in [0.5, 0.6) is 0 Å². The summed E-state index contributed by atoms with van der Waals surface area (Å²) >= 11 is 3.44. The van der Waals surface area contributed by atoms with Crippen LogP contribution in [0.3, 0.4) is 0 Å². The summed E-state index contributed by atoms with van der Waals surface area (Å²) in [6, 6.07) is 0. The Morgan fingerprint density at radius 3 is 2.53 bits per heavy atom. The summed E-state index contributed by atoms with van der Waals surface area (Å²) < 4.78 is 0.901. The molecule has 1 aliphatic carbocycles. The van der Waals surface area contributed by atoms with Gasteiger partial charge in [-0.3, -0.25) is 0 Å². The van der Waals surface area contributed by atoms with Gasteiger partial charge in [0.1, 0.15) is 0 Å². The van der Waals surface area contributed by atoms with Crippen LogP contribution in [0.2, 0.25) is 0 Å². The Morgan fingerprint density at radius 2 is 1.93 bits per heavy atom. The number of H-pyrrole nitrogens is 1. The molecule has 0 saturated heterocycles. The fraction of sp³-hybridized carbons (Fsp3) is 0.750. The molecule has 0 spiro atoms. The van der Waals surface area contributed by atoms with Gasteiger partial charge in [0.05, 0.1) is 5.69 Å². The van der Waals surface area contributed by atoms with Gasteiger partial charge in [-0.05, 0) is 35.2 Å². The van der Waals surface area contributed by atoms with Crippen LogP contribution in [0.25, 0.3) is 0 Å². The predicted molar refractivity (Wildman–Crippen MR) is 66.1 cm³/mol. The van der Waals surface area contributed by atoms with Gasteiger partial charge in [0, 0.05) is 11.6 Å². The molecule has 1 aromatic rings. The van der Waals surface area contributed by atoms with Gasteiger partial charge in [0.25, 0.3) is 0 Å². The van der Waals surface area contributed by atoms with Crippen molar-refractivity contribution in [1.82, 2.24) is 9.97 Å². The number of nitrogens with zero attached hydrogens (tertiary/aromatic N) is 1. The average molecular weight is 271 g/mol. The number of halogens is 1. The van der Waals surface area contributed by atoms with E-state index in [-0.39, 0.29) is 0 Å². The molecule has 3 heteroatoms. The molecule has 1 aromatic heterocycles. The van der Waals surface area contributed by atoms with Crippen molar-refractivity contribution in [2.45, 2.75) is 57.8 Å². The van der Waals surface area contributed by atoms with Crippen molar-refractivity contribution in [2.75, 3.05) is 0 Å². The Kier molecular flexibility index (Phi) is 3.84. The molecule has 84 valence electrons. The van der Waals surface area contributed by atoms with Crippen molar-refractivity contribution >= 4 is 15.9 Å². The minimum absolute atomic E-state index is 0.699. The van der Waals surface area contributed by atoms with E-state index in [1.54, 1.807) is 0 Å². The van der Waals surface area contributed by atoms with E-state index in [0.717, 1.165) is 11.2 Å². The maximum Gasteiger partial charge on any atom is 0.174 e. The quantitative estimate of drug-likeness (QED) is 0.803. The van der Waals surface area contributed by atoms with E-state index in [4.69, 9.17) is 0 Å². The zero-order chi connectivity index (χ0) is 10.7. The summed E-state index contributed by atoms with van der Waals surface area (Å²) in [7, 11) is 0. The number of rotatable bonds is 2. The highest BCUT2D eigenvalue weighted by Gasteiger charge is 2.20. The van der Waals surface area contributed by atoms with Crippen molar-refractivity contribution in [3.63, 3.8) is 0 Å². The zero-order valence-electron chi connectivity index (χ0n) is 9.35. The van der Waals surface area contributed by atoms with Gasteiger partial charge in [-0.25, -0.2) is 4.98 Å². The molecule has 0 amide bonds. The summed E-state index contributed by atoms with van der Waals surface area (Å²) in [5, 5.41) is 0. The van der Waals surface area contributed by atoms with Crippen molar-refractivity contribution in [3.05, 3.63) is 16.1 Å². The number of nitrogens with one attached hydrogen (secondary N) is 1. The fourth-order valence-corrected chi connectivity index (χ4v) is 2.98. The van der Waals surface area contributed by atoms with E-state index in [9.17, 15) is 0 Å². The van der Waals surface area contributed by atoms with Gasteiger partial charge >= 0.3 is 0 Å². The number of aryl methyl sites for hydroxylation is 1. The smallest absolute Gasteiger partial charge is 0.174 e. The van der Waals surface area contributed by atoms with Crippen molar-refractivity contribution in [1.29, 1.82) is 0 Å². The van der Waals surface area contributed by atoms with Crippen LogP contribution in [0.4, 0.5) is 0 Å². The van der Waals surface area contributed by atoms with Gasteiger partial charge < -0.3 is 4.98 Å². The van der Waals surface area contributed by atoms with E-state index >= 15 is 0 Å². The van der Waals surface area contributed by atoms with Gasteiger partial charge in [-0.15, -0.1) is 0 Å². The highest BCUT2D eigenvalue weighted by Crippen LogP contribution is 2.33. The number of aromatic amines is 1. The summed E-state index contributed by atoms with van der Waals surface area (Å²) in [5.41, 5.74) is 2.65. The maximum absolute atomic E-state index is 4.61. The van der Waals surface area contributed by atoms with Gasteiger partial charge in [0.2, 0.25) is 0 Å². The van der Waals surface area contributed by atoms with Crippen LogP contribution in [0.1, 0.15) is 62.8 Å². The first-order valence-corrected chi connectivity index (χ1v) is 6.85. The van der Waals surface area contributed by atoms with Crippen LogP contribution in [0.15, 0.2) is 4.73 Å². The molecule has 2 rings (SSSR count). The second kappa shape index (κ2) is 5.15. The molecular formula is C12H19BrN2.